The van der Waals surface area contributed by atoms with Gasteiger partial charge in [0.2, 0.25) is 0 Å². The van der Waals surface area contributed by atoms with Crippen LogP contribution >= 0.6 is 22.9 Å². The predicted octanol–water partition coefficient (Wildman–Crippen LogP) is 5.05. The van der Waals surface area contributed by atoms with Gasteiger partial charge in [0.1, 0.15) is 29.9 Å². The fourth-order valence-corrected chi connectivity index (χ4v) is 6.00. The van der Waals surface area contributed by atoms with Crippen molar-refractivity contribution in [3.63, 3.8) is 0 Å². The molecule has 1 aliphatic rings. The van der Waals surface area contributed by atoms with Gasteiger partial charge in [0.05, 0.1) is 36.6 Å². The molecule has 2 heterocycles. The summed E-state index contributed by atoms with van der Waals surface area (Å²) >= 11 is 7.51. The molecule has 0 spiro atoms. The largest absolute Gasteiger partial charge is 0.497 e. The van der Waals surface area contributed by atoms with E-state index in [1.807, 2.05) is 48.5 Å². The molecule has 0 saturated carbocycles. The lowest BCUT2D eigenvalue weighted by Crippen LogP contribution is -2.40. The lowest BCUT2D eigenvalue weighted by molar-refractivity contribution is -0.139. The van der Waals surface area contributed by atoms with Gasteiger partial charge in [-0.15, -0.1) is 0 Å². The van der Waals surface area contributed by atoms with Crippen LogP contribution in [-0.4, -0.2) is 31.4 Å². The van der Waals surface area contributed by atoms with Crippen molar-refractivity contribution < 1.29 is 23.7 Å². The third kappa shape index (κ3) is 5.84. The number of fused-ring (bicyclic) bond motifs is 1. The molecule has 0 radical (unpaired) electrons. The Labute approximate surface area is 251 Å². The highest BCUT2D eigenvalue weighted by atomic mass is 35.5. The van der Waals surface area contributed by atoms with Crippen LogP contribution in [0.4, 0.5) is 0 Å². The van der Waals surface area contributed by atoms with Crippen LogP contribution in [0.15, 0.2) is 87.8 Å². The summed E-state index contributed by atoms with van der Waals surface area (Å²) in [5.74, 6) is 1.14. The molecule has 4 aromatic rings. The quantitative estimate of drug-likeness (QED) is 0.249. The van der Waals surface area contributed by atoms with Gasteiger partial charge >= 0.3 is 5.97 Å². The van der Waals surface area contributed by atoms with Gasteiger partial charge in [-0.25, -0.2) is 9.79 Å². The van der Waals surface area contributed by atoms with E-state index >= 15 is 0 Å². The highest BCUT2D eigenvalue weighted by Crippen LogP contribution is 2.37. The van der Waals surface area contributed by atoms with E-state index in [1.54, 1.807) is 45.2 Å². The minimum Gasteiger partial charge on any atom is -0.497 e. The molecule has 1 aromatic heterocycles. The first-order chi connectivity index (χ1) is 20.3. The Bertz CT molecular complexity index is 1860. The highest BCUT2D eigenvalue weighted by Gasteiger charge is 2.35. The van der Waals surface area contributed by atoms with E-state index in [0.717, 1.165) is 11.1 Å². The van der Waals surface area contributed by atoms with E-state index in [9.17, 15) is 9.59 Å². The number of rotatable bonds is 9. The first kappa shape index (κ1) is 29.2. The number of hydrogen-bond donors (Lipinski definition) is 0. The minimum atomic E-state index is -0.835. The lowest BCUT2D eigenvalue weighted by atomic mass is 9.94. The second-order valence-electron chi connectivity index (χ2n) is 9.36. The maximum Gasteiger partial charge on any atom is 0.338 e. The van der Waals surface area contributed by atoms with Crippen molar-refractivity contribution in [1.29, 1.82) is 0 Å². The Kier molecular flexibility index (Phi) is 8.80. The first-order valence-corrected chi connectivity index (χ1v) is 14.4. The van der Waals surface area contributed by atoms with Crippen molar-refractivity contribution >= 4 is 35.0 Å². The SMILES string of the molecule is CCOC(=O)C1=C(C)N=c2s/c(=C\c3cccc(OCc4ccccc4Cl)c3)c(=O)n2[C@H]1c1cc(OC)ccc1OC. The van der Waals surface area contributed by atoms with Crippen molar-refractivity contribution in [2.24, 2.45) is 4.99 Å². The molecular weight excluding hydrogens is 576 g/mol. The molecule has 1 aliphatic heterocycles. The third-order valence-electron chi connectivity index (χ3n) is 6.76. The van der Waals surface area contributed by atoms with Crippen LogP contribution in [0.25, 0.3) is 6.08 Å². The molecular formula is C32H29ClN2O6S. The smallest absolute Gasteiger partial charge is 0.338 e. The molecule has 10 heteroatoms. The zero-order valence-electron chi connectivity index (χ0n) is 23.5. The second-order valence-corrected chi connectivity index (χ2v) is 10.8. The van der Waals surface area contributed by atoms with Crippen molar-refractivity contribution in [1.82, 2.24) is 4.57 Å². The molecule has 0 N–H and O–H groups in total. The zero-order valence-corrected chi connectivity index (χ0v) is 25.1. The van der Waals surface area contributed by atoms with Crippen LogP contribution in [0.3, 0.4) is 0 Å². The fourth-order valence-electron chi connectivity index (χ4n) is 4.76. The van der Waals surface area contributed by atoms with E-state index in [4.69, 9.17) is 30.5 Å². The Hall–Kier alpha value is -4.34. The maximum absolute atomic E-state index is 14.0. The summed E-state index contributed by atoms with van der Waals surface area (Å²) in [6, 6.07) is 19.4. The highest BCUT2D eigenvalue weighted by molar-refractivity contribution is 7.07. The van der Waals surface area contributed by atoms with Gasteiger partial charge < -0.3 is 18.9 Å². The molecule has 0 unspecified atom stereocenters. The number of methoxy groups -OCH3 is 2. The number of thiazole rings is 1. The maximum atomic E-state index is 14.0. The number of carbonyl (C=O) groups is 1. The summed E-state index contributed by atoms with van der Waals surface area (Å²) < 4.78 is 24.4. The van der Waals surface area contributed by atoms with Crippen LogP contribution in [0, 0.1) is 0 Å². The van der Waals surface area contributed by atoms with Crippen LogP contribution in [0.1, 0.15) is 36.6 Å². The average Bonchev–Trinajstić information content (AvgIpc) is 3.29. The summed E-state index contributed by atoms with van der Waals surface area (Å²) in [6.07, 6.45) is 1.79. The number of aromatic nitrogens is 1. The topological polar surface area (TPSA) is 88.4 Å². The molecule has 0 saturated heterocycles. The fraction of sp³-hybridized carbons (Fsp3) is 0.219. The van der Waals surface area contributed by atoms with Gasteiger partial charge in [-0.05, 0) is 61.9 Å². The van der Waals surface area contributed by atoms with Crippen molar-refractivity contribution in [3.05, 3.63) is 119 Å². The summed E-state index contributed by atoms with van der Waals surface area (Å²) in [7, 11) is 3.09. The normalized spacial score (nSPS) is 14.7. The summed E-state index contributed by atoms with van der Waals surface area (Å²) in [5.41, 5.74) is 2.65. The standard InChI is InChI=1S/C32H29ClN2O6S/c1-5-40-31(37)28-19(2)34-32-35(29(28)24-17-22(38-3)13-14-26(24)39-4)30(36)27(42-32)16-20-9-8-11-23(15-20)41-18-21-10-6-7-12-25(21)33/h6-17,29H,5,18H2,1-4H3/b27-16-/t29-/m0/s1. The van der Waals surface area contributed by atoms with Gasteiger partial charge in [-0.2, -0.15) is 0 Å². The number of benzene rings is 3. The van der Waals surface area contributed by atoms with E-state index < -0.39 is 12.0 Å². The monoisotopic (exact) mass is 604 g/mol. The van der Waals surface area contributed by atoms with E-state index in [0.29, 0.717) is 49.5 Å². The Morgan fingerprint density at radius 3 is 2.60 bits per heavy atom. The third-order valence-corrected chi connectivity index (χ3v) is 8.11. The predicted molar refractivity (Wildman–Crippen MR) is 162 cm³/mol. The summed E-state index contributed by atoms with van der Waals surface area (Å²) in [6.45, 7) is 3.96. The number of hydrogen-bond acceptors (Lipinski definition) is 8. The van der Waals surface area contributed by atoms with Gasteiger partial charge in [0.25, 0.3) is 5.56 Å². The second kappa shape index (κ2) is 12.7. The van der Waals surface area contributed by atoms with E-state index in [-0.39, 0.29) is 17.7 Å². The van der Waals surface area contributed by atoms with Crippen LogP contribution in [0.5, 0.6) is 17.2 Å². The number of ether oxygens (including phenoxy) is 4. The van der Waals surface area contributed by atoms with Gasteiger partial charge in [0, 0.05) is 16.1 Å². The van der Waals surface area contributed by atoms with Crippen molar-refractivity contribution in [2.45, 2.75) is 26.5 Å². The zero-order chi connectivity index (χ0) is 29.8. The number of allylic oxidation sites excluding steroid dienone is 1. The number of nitrogens with zero attached hydrogens (tertiary/aromatic N) is 2. The van der Waals surface area contributed by atoms with Crippen LogP contribution < -0.4 is 29.1 Å². The van der Waals surface area contributed by atoms with E-state index in [1.165, 1.54) is 23.0 Å². The molecule has 0 amide bonds. The molecule has 0 bridgehead atoms. The molecule has 8 nitrogen and oxygen atoms in total. The molecule has 216 valence electrons. The average molecular weight is 605 g/mol. The minimum absolute atomic E-state index is 0.177. The van der Waals surface area contributed by atoms with E-state index in [2.05, 4.69) is 4.99 Å². The molecule has 3 aromatic carbocycles. The number of carbonyl (C=O) groups excluding carboxylic acids is 1. The Morgan fingerprint density at radius 1 is 1.05 bits per heavy atom. The van der Waals surface area contributed by atoms with Crippen molar-refractivity contribution in [2.75, 3.05) is 20.8 Å². The molecule has 1 atom stereocenters. The van der Waals surface area contributed by atoms with Gasteiger partial charge in [0.15, 0.2) is 4.80 Å². The summed E-state index contributed by atoms with van der Waals surface area (Å²) in [5, 5.41) is 0.634. The molecule has 42 heavy (non-hydrogen) atoms. The summed E-state index contributed by atoms with van der Waals surface area (Å²) in [4.78, 5) is 32.3. The van der Waals surface area contributed by atoms with Gasteiger partial charge in [-0.3, -0.25) is 9.36 Å². The Balaban J connectivity index is 1.60. The number of halogens is 1. The molecule has 0 fully saturated rings. The molecule has 5 rings (SSSR count). The van der Waals surface area contributed by atoms with Crippen molar-refractivity contribution in [3.8, 4) is 17.2 Å². The number of esters is 1. The van der Waals surface area contributed by atoms with Crippen LogP contribution in [-0.2, 0) is 16.1 Å². The first-order valence-electron chi connectivity index (χ1n) is 13.2. The van der Waals surface area contributed by atoms with Crippen LogP contribution in [0.2, 0.25) is 5.02 Å². The Morgan fingerprint density at radius 2 is 1.86 bits per heavy atom. The van der Waals surface area contributed by atoms with Gasteiger partial charge in [-0.1, -0.05) is 53.3 Å². The lowest BCUT2D eigenvalue weighted by Gasteiger charge is -2.26. The molecule has 0 aliphatic carbocycles.